The molecule has 176 valence electrons. The number of esters is 1. The highest BCUT2D eigenvalue weighted by molar-refractivity contribution is 5.83. The maximum absolute atomic E-state index is 13.9. The molecule has 4 heteroatoms. The zero-order valence-corrected chi connectivity index (χ0v) is 20.0. The second-order valence-electron chi connectivity index (χ2n) is 10.6. The second-order valence-corrected chi connectivity index (χ2v) is 10.6. The Labute approximate surface area is 198 Å². The van der Waals surface area contributed by atoms with Gasteiger partial charge in [0.25, 0.3) is 0 Å². The van der Waals surface area contributed by atoms with Crippen LogP contribution in [0.3, 0.4) is 0 Å². The molecule has 6 rings (SSSR count). The number of hydrogen-bond donors (Lipinski definition) is 0. The van der Waals surface area contributed by atoms with Gasteiger partial charge in [0.05, 0.1) is 25.6 Å². The molecule has 2 aromatic rings. The number of piperidine rings is 3. The maximum atomic E-state index is 13.9. The van der Waals surface area contributed by atoms with Crippen molar-refractivity contribution in [1.29, 1.82) is 0 Å². The summed E-state index contributed by atoms with van der Waals surface area (Å²) in [6, 6.07) is 18.9. The smallest absolute Gasteiger partial charge is 0.317 e. The topological polar surface area (TPSA) is 35.5 Å². The van der Waals surface area contributed by atoms with Crippen molar-refractivity contribution in [3.05, 3.63) is 65.7 Å². The van der Waals surface area contributed by atoms with E-state index in [9.17, 15) is 4.79 Å². The molecule has 4 nitrogen and oxygen atoms in total. The first-order valence-electron chi connectivity index (χ1n) is 12.9. The number of nitrogens with zero attached hydrogens (tertiary/aromatic N) is 1. The van der Waals surface area contributed by atoms with Crippen LogP contribution in [0.1, 0.15) is 62.5 Å². The first-order valence-corrected chi connectivity index (χ1v) is 12.9. The van der Waals surface area contributed by atoms with Gasteiger partial charge in [0.2, 0.25) is 0 Å². The van der Waals surface area contributed by atoms with Gasteiger partial charge in [-0.1, -0.05) is 68.1 Å². The van der Waals surface area contributed by atoms with Crippen molar-refractivity contribution in [2.75, 3.05) is 26.7 Å². The van der Waals surface area contributed by atoms with Gasteiger partial charge in [-0.05, 0) is 30.5 Å². The zero-order chi connectivity index (χ0) is 22.7. The number of rotatable bonds is 6. The molecule has 3 heterocycles. The lowest BCUT2D eigenvalue weighted by Gasteiger charge is -2.52. The Balaban J connectivity index is 1.35. The van der Waals surface area contributed by atoms with Crippen LogP contribution in [0.5, 0.6) is 5.75 Å². The third kappa shape index (κ3) is 4.55. The van der Waals surface area contributed by atoms with Gasteiger partial charge < -0.3 is 14.0 Å². The van der Waals surface area contributed by atoms with Crippen molar-refractivity contribution >= 4 is 5.97 Å². The molecule has 4 aliphatic rings. The summed E-state index contributed by atoms with van der Waals surface area (Å²) in [6.45, 7) is 4.29. The van der Waals surface area contributed by atoms with Gasteiger partial charge in [0.15, 0.2) is 6.10 Å². The monoisotopic (exact) mass is 448 g/mol. The van der Waals surface area contributed by atoms with Gasteiger partial charge in [0, 0.05) is 24.3 Å². The van der Waals surface area contributed by atoms with Crippen LogP contribution in [-0.4, -0.2) is 43.3 Å². The zero-order valence-electron chi connectivity index (χ0n) is 20.0. The lowest BCUT2D eigenvalue weighted by Crippen LogP contribution is -2.64. The van der Waals surface area contributed by atoms with Crippen molar-refractivity contribution in [1.82, 2.24) is 0 Å². The van der Waals surface area contributed by atoms with E-state index in [0.29, 0.717) is 5.92 Å². The van der Waals surface area contributed by atoms with Crippen LogP contribution in [0, 0.1) is 5.92 Å². The molecule has 4 fully saturated rings. The predicted molar refractivity (Wildman–Crippen MR) is 130 cm³/mol. The number of carbonyl (C=O) groups is 1. The highest BCUT2D eigenvalue weighted by atomic mass is 16.5. The Morgan fingerprint density at radius 2 is 1.70 bits per heavy atom. The molecule has 0 spiro atoms. The van der Waals surface area contributed by atoms with Gasteiger partial charge in [0.1, 0.15) is 18.8 Å². The van der Waals surface area contributed by atoms with Crippen LogP contribution in [0.2, 0.25) is 0 Å². The number of fused-ring (bicyclic) bond motifs is 3. The molecule has 3 saturated heterocycles. The summed E-state index contributed by atoms with van der Waals surface area (Å²) >= 11 is 0. The van der Waals surface area contributed by atoms with E-state index in [1.54, 1.807) is 7.11 Å². The molecule has 0 amide bonds. The average molecular weight is 449 g/mol. The van der Waals surface area contributed by atoms with Crippen LogP contribution in [0.25, 0.3) is 0 Å². The summed E-state index contributed by atoms with van der Waals surface area (Å²) in [4.78, 5) is 13.9. The fourth-order valence-corrected chi connectivity index (χ4v) is 6.69. The summed E-state index contributed by atoms with van der Waals surface area (Å²) in [5.74, 6) is 1.46. The SMILES string of the molecule is COc1cccc(C[N+]23CCC(CC2)[C@@H](OC(=O)C2(c4ccccc4)CCCCCC2)C3)c1. The Kier molecular flexibility index (Phi) is 6.47. The minimum absolute atomic E-state index is 0.0360. The van der Waals surface area contributed by atoms with Crippen LogP contribution in [0.15, 0.2) is 54.6 Å². The highest BCUT2D eigenvalue weighted by Gasteiger charge is 2.50. The number of methoxy groups -OCH3 is 1. The molecule has 1 aliphatic carbocycles. The molecule has 33 heavy (non-hydrogen) atoms. The van der Waals surface area contributed by atoms with E-state index in [2.05, 4.69) is 42.5 Å². The van der Waals surface area contributed by atoms with Crippen molar-refractivity contribution < 1.29 is 18.8 Å². The molecule has 0 aromatic heterocycles. The summed E-state index contributed by atoms with van der Waals surface area (Å²) < 4.78 is 13.0. The van der Waals surface area contributed by atoms with Crippen molar-refractivity contribution in [3.8, 4) is 5.75 Å². The Bertz CT molecular complexity index is 940. The third-order valence-electron chi connectivity index (χ3n) is 8.63. The van der Waals surface area contributed by atoms with Crippen molar-refractivity contribution in [2.45, 2.75) is 69.4 Å². The van der Waals surface area contributed by atoms with E-state index in [1.807, 2.05) is 12.1 Å². The second kappa shape index (κ2) is 9.50. The number of benzene rings is 2. The Morgan fingerprint density at radius 3 is 2.39 bits per heavy atom. The fraction of sp³-hybridized carbons (Fsp3) is 0.552. The summed E-state index contributed by atoms with van der Waals surface area (Å²) in [5.41, 5.74) is 1.99. The maximum Gasteiger partial charge on any atom is 0.317 e. The first kappa shape index (κ1) is 22.5. The Morgan fingerprint density at radius 1 is 0.970 bits per heavy atom. The summed E-state index contributed by atoms with van der Waals surface area (Å²) in [5, 5.41) is 0. The van der Waals surface area contributed by atoms with E-state index in [-0.39, 0.29) is 12.1 Å². The molecule has 1 atom stereocenters. The molecular formula is C29H38NO3+. The van der Waals surface area contributed by atoms with Gasteiger partial charge in [-0.2, -0.15) is 0 Å². The molecule has 0 N–H and O–H groups in total. The molecule has 1 saturated carbocycles. The number of carbonyl (C=O) groups excluding carboxylic acids is 1. The molecular weight excluding hydrogens is 410 g/mol. The summed E-state index contributed by atoms with van der Waals surface area (Å²) in [6.07, 6.45) is 8.81. The van der Waals surface area contributed by atoms with Crippen LogP contribution in [0.4, 0.5) is 0 Å². The normalized spacial score (nSPS) is 28.6. The largest absolute Gasteiger partial charge is 0.497 e. The number of hydrogen-bond acceptors (Lipinski definition) is 3. The predicted octanol–water partition coefficient (Wildman–Crippen LogP) is 5.64. The van der Waals surface area contributed by atoms with Gasteiger partial charge in [-0.3, -0.25) is 4.79 Å². The standard InChI is InChI=1S/C29H38NO3/c1-32-26-13-9-10-23(20-26)21-30-18-14-24(15-19-30)27(22-30)33-28(31)29(16-7-2-3-8-17-29)25-11-5-4-6-12-25/h4-6,9-13,20,24,27H,2-3,7-8,14-19,21-22H2,1H3/q+1/t24?,27-,30?/m0/s1. The van der Waals surface area contributed by atoms with E-state index in [1.165, 1.54) is 31.5 Å². The molecule has 0 unspecified atom stereocenters. The average Bonchev–Trinajstić information content (AvgIpc) is 3.12. The van der Waals surface area contributed by atoms with Crippen molar-refractivity contribution in [3.63, 3.8) is 0 Å². The minimum atomic E-state index is -0.471. The highest BCUT2D eigenvalue weighted by Crippen LogP contribution is 2.42. The molecule has 2 bridgehead atoms. The number of ether oxygens (including phenoxy) is 2. The van der Waals surface area contributed by atoms with Crippen LogP contribution >= 0.6 is 0 Å². The van der Waals surface area contributed by atoms with Gasteiger partial charge >= 0.3 is 5.97 Å². The van der Waals surface area contributed by atoms with Crippen LogP contribution < -0.4 is 4.74 Å². The lowest BCUT2D eigenvalue weighted by atomic mass is 9.74. The number of quaternary nitrogens is 1. The summed E-state index contributed by atoms with van der Waals surface area (Å²) in [7, 11) is 1.73. The third-order valence-corrected chi connectivity index (χ3v) is 8.63. The van der Waals surface area contributed by atoms with Crippen molar-refractivity contribution in [2.24, 2.45) is 5.92 Å². The Hall–Kier alpha value is -2.33. The minimum Gasteiger partial charge on any atom is -0.497 e. The van der Waals surface area contributed by atoms with E-state index < -0.39 is 5.41 Å². The molecule has 2 aromatic carbocycles. The molecule has 0 radical (unpaired) electrons. The fourth-order valence-electron chi connectivity index (χ4n) is 6.69. The lowest BCUT2D eigenvalue weighted by molar-refractivity contribution is -0.958. The van der Waals surface area contributed by atoms with Crippen LogP contribution in [-0.2, 0) is 21.5 Å². The van der Waals surface area contributed by atoms with E-state index in [4.69, 9.17) is 9.47 Å². The first-order chi connectivity index (χ1) is 16.1. The van der Waals surface area contributed by atoms with E-state index >= 15 is 0 Å². The van der Waals surface area contributed by atoms with Gasteiger partial charge in [-0.25, -0.2) is 0 Å². The van der Waals surface area contributed by atoms with Gasteiger partial charge in [-0.15, -0.1) is 0 Å². The quantitative estimate of drug-likeness (QED) is 0.326. The van der Waals surface area contributed by atoms with E-state index in [0.717, 1.165) is 67.4 Å². The molecule has 3 aliphatic heterocycles.